The molecule has 0 spiro atoms. The molecule has 1 aromatic heterocycles. The Morgan fingerprint density at radius 2 is 2.28 bits per heavy atom. The highest BCUT2D eigenvalue weighted by molar-refractivity contribution is 8.01. The first-order valence-electron chi connectivity index (χ1n) is 8.22. The van der Waals surface area contributed by atoms with Gasteiger partial charge in [0.05, 0.1) is 5.75 Å². The van der Waals surface area contributed by atoms with Crippen molar-refractivity contribution in [1.29, 1.82) is 0 Å². The molecule has 5 nitrogen and oxygen atoms in total. The molecule has 3 rings (SSSR count). The summed E-state index contributed by atoms with van der Waals surface area (Å²) in [4.78, 5) is 30.0. The third-order valence-electron chi connectivity index (χ3n) is 4.29. The van der Waals surface area contributed by atoms with Crippen molar-refractivity contribution in [2.75, 3.05) is 18.8 Å². The Kier molecular flexibility index (Phi) is 5.75. The maximum atomic E-state index is 12.4. The van der Waals surface area contributed by atoms with Crippen LogP contribution in [0.4, 0.5) is 0 Å². The Hall–Kier alpha value is -1.86. The van der Waals surface area contributed by atoms with Gasteiger partial charge in [0.15, 0.2) is 4.34 Å². The number of thioether (sulfide) groups is 1. The number of carbonyl (C=O) groups excluding carboxylic acids is 2. The van der Waals surface area contributed by atoms with Crippen LogP contribution in [-0.2, 0) is 11.2 Å². The van der Waals surface area contributed by atoms with E-state index in [1.54, 1.807) is 17.4 Å². The van der Waals surface area contributed by atoms with Crippen LogP contribution in [0.25, 0.3) is 0 Å². The van der Waals surface area contributed by atoms with Crippen LogP contribution in [0.5, 0.6) is 0 Å². The average Bonchev–Trinajstić information content (AvgIpc) is 3.22. The molecule has 25 heavy (non-hydrogen) atoms. The fourth-order valence-electron chi connectivity index (χ4n) is 3.02. The first kappa shape index (κ1) is 17.9. The summed E-state index contributed by atoms with van der Waals surface area (Å²) in [6.07, 6.45) is 1.86. The number of primary amides is 1. The summed E-state index contributed by atoms with van der Waals surface area (Å²) in [5.41, 5.74) is 7.98. The molecule has 2 heterocycles. The largest absolute Gasteiger partial charge is 0.366 e. The summed E-state index contributed by atoms with van der Waals surface area (Å²) in [7, 11) is 0. The lowest BCUT2D eigenvalue weighted by Gasteiger charge is -2.16. The second-order valence-corrected chi connectivity index (χ2v) is 8.39. The third-order valence-corrected chi connectivity index (χ3v) is 6.42. The van der Waals surface area contributed by atoms with E-state index in [1.807, 2.05) is 35.4 Å². The number of thiazole rings is 1. The van der Waals surface area contributed by atoms with Crippen molar-refractivity contribution >= 4 is 34.9 Å². The van der Waals surface area contributed by atoms with E-state index in [0.717, 1.165) is 41.5 Å². The zero-order valence-electron chi connectivity index (χ0n) is 14.1. The normalized spacial score (nSPS) is 17.0. The molecule has 2 amide bonds. The van der Waals surface area contributed by atoms with Gasteiger partial charge in [0, 0.05) is 29.7 Å². The highest BCUT2D eigenvalue weighted by atomic mass is 32.2. The molecular weight excluding hydrogens is 354 g/mol. The Morgan fingerprint density at radius 3 is 3.00 bits per heavy atom. The molecule has 1 fully saturated rings. The van der Waals surface area contributed by atoms with Crippen LogP contribution in [-0.4, -0.2) is 40.5 Å². The smallest absolute Gasteiger partial charge is 0.248 e. The van der Waals surface area contributed by atoms with E-state index in [9.17, 15) is 9.59 Å². The maximum absolute atomic E-state index is 12.4. The number of nitrogens with two attached hydrogens (primary N) is 1. The van der Waals surface area contributed by atoms with Gasteiger partial charge in [-0.05, 0) is 43.4 Å². The van der Waals surface area contributed by atoms with Gasteiger partial charge in [-0.3, -0.25) is 9.59 Å². The molecule has 7 heteroatoms. The summed E-state index contributed by atoms with van der Waals surface area (Å²) in [5, 5.41) is 2.00. The Morgan fingerprint density at radius 1 is 1.44 bits per heavy atom. The topological polar surface area (TPSA) is 76.3 Å². The Labute approximate surface area is 155 Å². The van der Waals surface area contributed by atoms with Crippen LogP contribution in [0.15, 0.2) is 34.0 Å². The van der Waals surface area contributed by atoms with Crippen molar-refractivity contribution in [2.24, 2.45) is 11.7 Å². The number of rotatable bonds is 6. The van der Waals surface area contributed by atoms with E-state index in [-0.39, 0.29) is 5.91 Å². The molecule has 132 valence electrons. The number of hydrogen-bond acceptors (Lipinski definition) is 5. The summed E-state index contributed by atoms with van der Waals surface area (Å²) in [5.74, 6) is 0.640. The van der Waals surface area contributed by atoms with E-state index in [4.69, 9.17) is 5.73 Å². The van der Waals surface area contributed by atoms with Crippen molar-refractivity contribution in [3.05, 3.63) is 46.5 Å². The maximum Gasteiger partial charge on any atom is 0.248 e. The molecule has 1 atom stereocenters. The van der Waals surface area contributed by atoms with Crippen molar-refractivity contribution < 1.29 is 9.59 Å². The van der Waals surface area contributed by atoms with E-state index >= 15 is 0 Å². The number of carbonyl (C=O) groups is 2. The summed E-state index contributed by atoms with van der Waals surface area (Å²) in [6, 6.07) is 7.46. The fraction of sp³-hybridized carbons (Fsp3) is 0.389. The molecule has 1 unspecified atom stereocenters. The minimum atomic E-state index is -0.403. The molecule has 0 aliphatic carbocycles. The lowest BCUT2D eigenvalue weighted by atomic mass is 9.97. The second-order valence-electron chi connectivity index (χ2n) is 6.31. The molecule has 0 saturated carbocycles. The molecule has 1 aromatic carbocycles. The van der Waals surface area contributed by atoms with Gasteiger partial charge in [-0.25, -0.2) is 4.98 Å². The van der Waals surface area contributed by atoms with Crippen molar-refractivity contribution in [2.45, 2.75) is 24.1 Å². The lowest BCUT2D eigenvalue weighted by molar-refractivity contribution is -0.127. The first-order valence-corrected chi connectivity index (χ1v) is 10.1. The minimum Gasteiger partial charge on any atom is -0.366 e. The van der Waals surface area contributed by atoms with Gasteiger partial charge in [-0.2, -0.15) is 0 Å². The summed E-state index contributed by atoms with van der Waals surface area (Å²) < 4.78 is 0.949. The summed E-state index contributed by atoms with van der Waals surface area (Å²) >= 11 is 3.09. The van der Waals surface area contributed by atoms with E-state index in [2.05, 4.69) is 4.98 Å². The van der Waals surface area contributed by atoms with Crippen LogP contribution >= 0.6 is 23.1 Å². The SMILES string of the molecule is Cc1csc(SCC(=O)N2CCC(Cc3cccc(C(N)=O)c3)C2)n1. The van der Waals surface area contributed by atoms with Gasteiger partial charge >= 0.3 is 0 Å². The lowest BCUT2D eigenvalue weighted by Crippen LogP contribution is -2.30. The Balaban J connectivity index is 1.50. The van der Waals surface area contributed by atoms with Crippen molar-refractivity contribution in [1.82, 2.24) is 9.88 Å². The number of benzene rings is 1. The number of aromatic nitrogens is 1. The average molecular weight is 376 g/mol. The fourth-order valence-corrected chi connectivity index (χ4v) is 4.78. The van der Waals surface area contributed by atoms with Gasteiger partial charge in [0.25, 0.3) is 0 Å². The molecular formula is C18H21N3O2S2. The van der Waals surface area contributed by atoms with E-state index in [0.29, 0.717) is 17.2 Å². The molecule has 0 bridgehead atoms. The molecule has 2 N–H and O–H groups in total. The summed E-state index contributed by atoms with van der Waals surface area (Å²) in [6.45, 7) is 3.54. The molecule has 1 saturated heterocycles. The molecule has 1 aliphatic heterocycles. The molecule has 0 radical (unpaired) electrons. The quantitative estimate of drug-likeness (QED) is 0.788. The monoisotopic (exact) mass is 375 g/mol. The highest BCUT2D eigenvalue weighted by Gasteiger charge is 2.26. The predicted molar refractivity (Wildman–Crippen MR) is 101 cm³/mol. The van der Waals surface area contributed by atoms with E-state index in [1.165, 1.54) is 11.8 Å². The standard InChI is InChI=1S/C18H21N3O2S2/c1-12-10-24-18(20-12)25-11-16(22)21-6-5-14(9-21)7-13-3-2-4-15(8-13)17(19)23/h2-4,8,10,14H,5-7,9,11H2,1H3,(H2,19,23). The number of nitrogens with zero attached hydrogens (tertiary/aromatic N) is 2. The van der Waals surface area contributed by atoms with Gasteiger partial charge in [0.1, 0.15) is 0 Å². The van der Waals surface area contributed by atoms with Gasteiger partial charge in [-0.15, -0.1) is 11.3 Å². The third kappa shape index (κ3) is 4.83. The van der Waals surface area contributed by atoms with Crippen molar-refractivity contribution in [3.63, 3.8) is 0 Å². The van der Waals surface area contributed by atoms with Crippen LogP contribution in [0.2, 0.25) is 0 Å². The zero-order valence-corrected chi connectivity index (χ0v) is 15.7. The number of aryl methyl sites for hydroxylation is 1. The Bertz CT molecular complexity index is 775. The van der Waals surface area contributed by atoms with Gasteiger partial charge in [0.2, 0.25) is 11.8 Å². The number of likely N-dealkylation sites (tertiary alicyclic amines) is 1. The van der Waals surface area contributed by atoms with Crippen molar-refractivity contribution in [3.8, 4) is 0 Å². The highest BCUT2D eigenvalue weighted by Crippen LogP contribution is 2.25. The first-order chi connectivity index (χ1) is 12.0. The van der Waals surface area contributed by atoms with Crippen LogP contribution in [0, 0.1) is 12.8 Å². The molecule has 1 aliphatic rings. The van der Waals surface area contributed by atoms with Gasteiger partial charge < -0.3 is 10.6 Å². The van der Waals surface area contributed by atoms with Crippen LogP contribution in [0.3, 0.4) is 0 Å². The number of hydrogen-bond donors (Lipinski definition) is 1. The zero-order chi connectivity index (χ0) is 17.8. The van der Waals surface area contributed by atoms with E-state index < -0.39 is 5.91 Å². The second kappa shape index (κ2) is 8.01. The number of amides is 2. The van der Waals surface area contributed by atoms with Crippen LogP contribution < -0.4 is 5.73 Å². The van der Waals surface area contributed by atoms with Crippen LogP contribution in [0.1, 0.15) is 28.0 Å². The minimum absolute atomic E-state index is 0.172. The predicted octanol–water partition coefficient (Wildman–Crippen LogP) is 2.73. The van der Waals surface area contributed by atoms with Gasteiger partial charge in [-0.1, -0.05) is 23.9 Å². The molecule has 2 aromatic rings.